The fourth-order valence-electron chi connectivity index (χ4n) is 2.25. The normalized spacial score (nSPS) is 10.0. The van der Waals surface area contributed by atoms with E-state index in [1.165, 1.54) is 19.3 Å². The van der Waals surface area contributed by atoms with Gasteiger partial charge in [-0.05, 0) is 25.9 Å². The Bertz CT molecular complexity index is 415. The molecule has 0 saturated heterocycles. The first-order chi connectivity index (χ1) is 17.3. The van der Waals surface area contributed by atoms with Gasteiger partial charge in [0.2, 0.25) is 0 Å². The Morgan fingerprint density at radius 1 is 0.326 bits per heavy atom. The van der Waals surface area contributed by atoms with Gasteiger partial charge in [0.05, 0.1) is 0 Å². The summed E-state index contributed by atoms with van der Waals surface area (Å²) in [4.78, 5) is 4.69. The molecule has 0 spiro atoms. The zero-order chi connectivity index (χ0) is 32.3. The van der Waals surface area contributed by atoms with Crippen LogP contribution in [0.4, 0.5) is 0 Å². The number of hydrogen-bond acceptors (Lipinski definition) is 22. The second-order valence-electron chi connectivity index (χ2n) is 6.41. The van der Waals surface area contributed by atoms with E-state index in [1.54, 1.807) is 0 Å². The van der Waals surface area contributed by atoms with Crippen LogP contribution in [0.2, 0.25) is 0 Å². The molecule has 33 heteroatoms. The zero-order valence-electron chi connectivity index (χ0n) is 23.7. The fourth-order valence-corrected chi connectivity index (χ4v) is 2.25. The predicted octanol–water partition coefficient (Wildman–Crippen LogP) is -24.8. The molecule has 0 aromatic rings. The first-order valence-electron chi connectivity index (χ1n) is 10.00. The van der Waals surface area contributed by atoms with Crippen molar-refractivity contribution in [2.24, 2.45) is 22.9 Å². The maximum atomic E-state index is 8.49. The molecule has 0 saturated carbocycles. The van der Waals surface area contributed by atoms with Crippen molar-refractivity contribution >= 4 is 0 Å². The van der Waals surface area contributed by atoms with Gasteiger partial charge >= 0.3 is 34.1 Å². The summed E-state index contributed by atoms with van der Waals surface area (Å²) in [6.45, 7) is 8.83. The molecule has 27 nitrogen and oxygen atoms in total. The van der Waals surface area contributed by atoms with Crippen molar-refractivity contribution in [1.29, 1.82) is 0 Å². The van der Waals surface area contributed by atoms with Crippen molar-refractivity contribution in [2.45, 2.75) is 19.3 Å². The van der Waals surface area contributed by atoms with Gasteiger partial charge in [0.1, 0.15) is 0 Å². The van der Waals surface area contributed by atoms with Gasteiger partial charge < -0.3 is 60.1 Å². The molecular weight excluding hydrogens is 845 g/mol. The van der Waals surface area contributed by atoms with Gasteiger partial charge in [-0.15, -0.1) is 41.0 Å². The molecule has 0 atom stereocenters. The fraction of sp³-hybridized carbons (Fsp3) is 1.00. The maximum Gasteiger partial charge on any atom is 2.00 e. The van der Waals surface area contributed by atoms with Crippen LogP contribution in [0.1, 0.15) is 19.3 Å². The maximum absolute atomic E-state index is 8.49. The average molecular weight is 891 g/mol. The average Bonchev–Trinajstić information content (AvgIpc) is 2.63. The molecule has 0 bridgehead atoms. The van der Waals surface area contributed by atoms with Gasteiger partial charge in [-0.3, -0.25) is 0 Å². The van der Waals surface area contributed by atoms with Crippen molar-refractivity contribution < 1.29 is 177 Å². The van der Waals surface area contributed by atoms with Crippen LogP contribution < -0.4 is 97.5 Å². The minimum absolute atomic E-state index is 0. The Labute approximate surface area is 293 Å². The van der Waals surface area contributed by atoms with Gasteiger partial charge in [0.15, 0.2) is 0 Å². The summed E-state index contributed by atoms with van der Waals surface area (Å²) < 4.78 is 136. The van der Waals surface area contributed by atoms with Crippen molar-refractivity contribution in [3.8, 4) is 0 Å². The minimum atomic E-state index is -4.94. The third-order valence-electron chi connectivity index (χ3n) is 3.23. The predicted molar refractivity (Wildman–Crippen MR) is 104 cm³/mol. The van der Waals surface area contributed by atoms with Gasteiger partial charge in [-0.1, -0.05) is 6.42 Å². The molecule has 0 rings (SSSR count). The van der Waals surface area contributed by atoms with Gasteiger partial charge in [-0.25, -0.2) is 74.5 Å². The number of nitrogens with two attached hydrogens (primary N) is 4. The summed E-state index contributed by atoms with van der Waals surface area (Å²) in [7, 11) is -19.8. The Morgan fingerprint density at radius 3 is 0.565 bits per heavy atom. The monoisotopic (exact) mass is 888 g/mol. The van der Waals surface area contributed by atoms with Crippen LogP contribution in [0.5, 0.6) is 0 Å². The summed E-state index contributed by atoms with van der Waals surface area (Å²) >= 11 is 0. The van der Waals surface area contributed by atoms with Crippen molar-refractivity contribution in [3.63, 3.8) is 0 Å². The van der Waals surface area contributed by atoms with E-state index in [2.05, 4.69) is 9.80 Å². The summed E-state index contributed by atoms with van der Waals surface area (Å²) in [6, 6.07) is 0. The molecule has 0 heterocycles. The van der Waals surface area contributed by atoms with Crippen molar-refractivity contribution in [3.05, 3.63) is 0 Å². The molecule has 2 radical (unpaired) electrons. The van der Waals surface area contributed by atoms with Gasteiger partial charge in [0.25, 0.3) is 0 Å². The summed E-state index contributed by atoms with van der Waals surface area (Å²) in [5, 5.41) is 0. The second kappa shape index (κ2) is 48.2. The smallest absolute Gasteiger partial charge is 0.457 e. The molecule has 0 aliphatic rings. The van der Waals surface area contributed by atoms with Gasteiger partial charge in [0, 0.05) is 52.4 Å². The van der Waals surface area contributed by atoms with E-state index in [4.69, 9.17) is 97.5 Å². The Balaban J connectivity index is -0.0000000359. The number of halogens is 4. The van der Waals surface area contributed by atoms with E-state index in [9.17, 15) is 0 Å². The number of nitrogens with zero attached hydrogens (tertiary/aromatic N) is 2. The molecule has 0 fully saturated rings. The van der Waals surface area contributed by atoms with Crippen molar-refractivity contribution in [1.82, 2.24) is 9.80 Å². The topological polar surface area (TPSA) is 640 Å². The molecule has 0 aliphatic carbocycles. The van der Waals surface area contributed by atoms with Crippen LogP contribution in [-0.2, 0) is 45.1 Å². The molecule has 46 heavy (non-hydrogen) atoms. The molecule has 0 aliphatic heterocycles. The molecule has 0 unspecified atom stereocenters. The summed E-state index contributed by atoms with van der Waals surface area (Å²) in [6.07, 6.45) is 3.65. The van der Waals surface area contributed by atoms with E-state index >= 15 is 0 Å². The summed E-state index contributed by atoms with van der Waals surface area (Å²) in [5.41, 5.74) is 22.3. The van der Waals surface area contributed by atoms with Crippen LogP contribution in [-0.4, -0.2) is 91.7 Å². The first kappa shape index (κ1) is 81.3. The number of hydrogen-bond donors (Lipinski definition) is 4. The molecular formula is C13H46Cl4Cu2N6O21+2. The molecule has 20 N–H and O–H groups in total. The van der Waals surface area contributed by atoms with Gasteiger partial charge in [-0.2, -0.15) is 0 Å². The van der Waals surface area contributed by atoms with Crippen LogP contribution in [0.3, 0.4) is 0 Å². The standard InChI is InChI=1S/C13H34N6.4ClHO4.2Cu.5H2O/c14-4-10-18(11-5-15)8-2-1-3-9-19(12-6-16)13-7-17;4*2-1(3,4)5;;;;;;;/h1-17H2;4*(H,2,3,4,5);;;5*1H2/q;;;;;2*+2;;;;;/p-2. The van der Waals surface area contributed by atoms with Crippen LogP contribution >= 0.6 is 0 Å². The zero-order valence-corrected chi connectivity index (χ0v) is 28.6. The molecule has 0 aromatic carbocycles. The number of rotatable bonds is 14. The molecule has 0 amide bonds. The van der Waals surface area contributed by atoms with Crippen LogP contribution in [0.25, 0.3) is 0 Å². The van der Waals surface area contributed by atoms with Crippen LogP contribution in [0.15, 0.2) is 0 Å². The molecule has 0 aromatic heterocycles. The van der Waals surface area contributed by atoms with Crippen LogP contribution in [0, 0.1) is 41.0 Å². The largest absolute Gasteiger partial charge is 2.00 e. The van der Waals surface area contributed by atoms with E-state index in [0.717, 1.165) is 39.3 Å². The van der Waals surface area contributed by atoms with E-state index in [-0.39, 0.29) is 61.5 Å². The third-order valence-corrected chi connectivity index (χ3v) is 3.23. The third kappa shape index (κ3) is 197. The first-order valence-corrected chi connectivity index (χ1v) is 14.9. The van der Waals surface area contributed by atoms with Crippen molar-refractivity contribution in [2.75, 3.05) is 65.4 Å². The molecule has 302 valence electrons. The SMILES string of the molecule is NCCN(CCN)CCCCCN(CCN)CCN.O.O.O.[Cu+2].[Cu+2].[O-][Cl+3]([O-])([O-])[O-].[O-][Cl+3]([O-])([O-])[O-].[O-][Cl+3]([O-])([O-])[O-].[O-][Cl+3]([O-])([O-])[O-].[OH3+].[OH3+]. The van der Waals surface area contributed by atoms with E-state index < -0.39 is 41.0 Å². The minimum Gasteiger partial charge on any atom is -0.457 e. The second-order valence-corrected chi connectivity index (χ2v) is 9.43. The number of unbranched alkanes of at least 4 members (excludes halogenated alkanes) is 2. The summed E-state index contributed by atoms with van der Waals surface area (Å²) in [5.74, 6) is 0. The Morgan fingerprint density at radius 2 is 0.457 bits per heavy atom. The van der Waals surface area contributed by atoms with E-state index in [1.807, 2.05) is 0 Å². The quantitative estimate of drug-likeness (QED) is 0.0714. The Kier molecular flexibility index (Phi) is 85.2. The van der Waals surface area contributed by atoms with E-state index in [0.29, 0.717) is 26.2 Å². The Hall–Kier alpha value is 1.12.